The Balaban J connectivity index is 1.98. The maximum atomic E-state index is 11.7. The van der Waals surface area contributed by atoms with Gasteiger partial charge in [0.2, 0.25) is 0 Å². The van der Waals surface area contributed by atoms with Crippen molar-refractivity contribution in [3.63, 3.8) is 0 Å². The summed E-state index contributed by atoms with van der Waals surface area (Å²) in [6.45, 7) is 2.55. The van der Waals surface area contributed by atoms with Crippen LogP contribution in [0.4, 0.5) is 0 Å². The van der Waals surface area contributed by atoms with Crippen molar-refractivity contribution in [3.05, 3.63) is 70.9 Å². The molecule has 0 amide bonds. The van der Waals surface area contributed by atoms with E-state index in [1.54, 1.807) is 0 Å². The Morgan fingerprint density at radius 3 is 2.64 bits per heavy atom. The molecule has 1 heterocycles. The summed E-state index contributed by atoms with van der Waals surface area (Å²) in [6.07, 6.45) is 2.04. The van der Waals surface area contributed by atoms with Gasteiger partial charge < -0.3 is 15.0 Å². The van der Waals surface area contributed by atoms with Crippen LogP contribution in [0.3, 0.4) is 0 Å². The van der Waals surface area contributed by atoms with Crippen LogP contribution in [0, 0.1) is 0 Å². The maximum absolute atomic E-state index is 11.7. The van der Waals surface area contributed by atoms with Crippen molar-refractivity contribution in [2.75, 3.05) is 13.7 Å². The molecule has 0 fully saturated rings. The molecule has 0 spiro atoms. The van der Waals surface area contributed by atoms with Crippen LogP contribution in [0.1, 0.15) is 24.0 Å². The summed E-state index contributed by atoms with van der Waals surface area (Å²) in [5.74, 6) is -0.159. The molecule has 0 aliphatic rings. The van der Waals surface area contributed by atoms with Crippen molar-refractivity contribution in [2.24, 2.45) is 0 Å². The molecule has 130 valence electrons. The SMILES string of the molecule is COC(=O)[C@@H](C)[NH2+]C[C@H](c1ccccc1Cl)c1c[nH]c2ccccc12. The van der Waals surface area contributed by atoms with E-state index in [4.69, 9.17) is 16.3 Å². The second-order valence-electron chi connectivity index (χ2n) is 6.15. The van der Waals surface area contributed by atoms with Crippen LogP contribution in [0.2, 0.25) is 5.02 Å². The number of ether oxygens (including phenoxy) is 1. The minimum absolute atomic E-state index is 0.0666. The van der Waals surface area contributed by atoms with E-state index in [1.807, 2.05) is 54.8 Å². The Morgan fingerprint density at radius 1 is 1.16 bits per heavy atom. The number of quaternary nitrogens is 1. The first-order valence-electron chi connectivity index (χ1n) is 8.33. The molecule has 3 aromatic rings. The van der Waals surface area contributed by atoms with Crippen molar-refractivity contribution < 1.29 is 14.8 Å². The van der Waals surface area contributed by atoms with Crippen molar-refractivity contribution in [3.8, 4) is 0 Å². The normalized spacial score (nSPS) is 13.6. The minimum atomic E-state index is -0.264. The topological polar surface area (TPSA) is 58.7 Å². The molecule has 0 bridgehead atoms. The van der Waals surface area contributed by atoms with Gasteiger partial charge in [0.15, 0.2) is 6.04 Å². The third-order valence-corrected chi connectivity index (χ3v) is 4.92. The lowest BCUT2D eigenvalue weighted by Crippen LogP contribution is -2.92. The van der Waals surface area contributed by atoms with Gasteiger partial charge in [-0.05, 0) is 30.2 Å². The average molecular weight is 358 g/mol. The van der Waals surface area contributed by atoms with Gasteiger partial charge in [-0.2, -0.15) is 0 Å². The monoisotopic (exact) mass is 357 g/mol. The van der Waals surface area contributed by atoms with Gasteiger partial charge in [-0.15, -0.1) is 0 Å². The highest BCUT2D eigenvalue weighted by atomic mass is 35.5. The molecule has 4 nitrogen and oxygen atoms in total. The number of H-pyrrole nitrogens is 1. The number of aromatic nitrogens is 1. The van der Waals surface area contributed by atoms with Crippen molar-refractivity contribution in [1.82, 2.24) is 4.98 Å². The summed E-state index contributed by atoms with van der Waals surface area (Å²) in [6, 6.07) is 15.8. The van der Waals surface area contributed by atoms with Gasteiger partial charge in [-0.1, -0.05) is 48.0 Å². The van der Waals surface area contributed by atoms with E-state index in [1.165, 1.54) is 18.1 Å². The molecule has 0 radical (unpaired) electrons. The van der Waals surface area contributed by atoms with E-state index in [0.717, 1.165) is 16.1 Å². The Morgan fingerprint density at radius 2 is 1.88 bits per heavy atom. The van der Waals surface area contributed by atoms with Crippen LogP contribution in [0.25, 0.3) is 10.9 Å². The minimum Gasteiger partial charge on any atom is -0.465 e. The standard InChI is InChI=1S/C20H21ClN2O2/c1-13(20(24)25-2)22-11-16(14-7-3-5-9-18(14)21)17-12-23-19-10-6-4-8-15(17)19/h3-10,12-13,16,22-23H,11H2,1-2H3/p+1/t13-,16-/m1/s1. The predicted molar refractivity (Wildman–Crippen MR) is 99.9 cm³/mol. The number of halogens is 1. The zero-order valence-electron chi connectivity index (χ0n) is 14.3. The van der Waals surface area contributed by atoms with Crippen LogP contribution >= 0.6 is 11.6 Å². The first-order valence-corrected chi connectivity index (χ1v) is 8.71. The van der Waals surface area contributed by atoms with Gasteiger partial charge >= 0.3 is 5.97 Å². The second kappa shape index (κ2) is 7.72. The summed E-state index contributed by atoms with van der Waals surface area (Å²) in [5, 5.41) is 3.91. The molecule has 2 atom stereocenters. The quantitative estimate of drug-likeness (QED) is 0.666. The number of rotatable bonds is 6. The van der Waals surface area contributed by atoms with Gasteiger partial charge in [0.1, 0.15) is 0 Å². The first-order chi connectivity index (χ1) is 12.1. The molecule has 0 saturated carbocycles. The van der Waals surface area contributed by atoms with E-state index in [2.05, 4.69) is 17.1 Å². The van der Waals surface area contributed by atoms with Crippen LogP contribution in [-0.2, 0) is 9.53 Å². The number of methoxy groups -OCH3 is 1. The Labute approximate surface area is 152 Å². The number of fused-ring (bicyclic) bond motifs is 1. The third-order valence-electron chi connectivity index (χ3n) is 4.58. The largest absolute Gasteiger partial charge is 0.465 e. The zero-order valence-corrected chi connectivity index (χ0v) is 15.1. The van der Waals surface area contributed by atoms with Crippen LogP contribution in [0.15, 0.2) is 54.7 Å². The highest BCUT2D eigenvalue weighted by Crippen LogP contribution is 2.33. The second-order valence-corrected chi connectivity index (χ2v) is 6.55. The first kappa shape index (κ1) is 17.5. The van der Waals surface area contributed by atoms with E-state index in [9.17, 15) is 4.79 Å². The summed E-state index contributed by atoms with van der Waals surface area (Å²) < 4.78 is 4.83. The van der Waals surface area contributed by atoms with Crippen LogP contribution in [0.5, 0.6) is 0 Å². The van der Waals surface area contributed by atoms with Crippen molar-refractivity contribution in [1.29, 1.82) is 0 Å². The predicted octanol–water partition coefficient (Wildman–Crippen LogP) is 3.08. The molecule has 0 aliphatic heterocycles. The number of para-hydroxylation sites is 1. The fourth-order valence-electron chi connectivity index (χ4n) is 3.18. The lowest BCUT2D eigenvalue weighted by Gasteiger charge is -2.19. The molecule has 0 saturated heterocycles. The van der Waals surface area contributed by atoms with Crippen LogP contribution in [-0.4, -0.2) is 30.6 Å². The van der Waals surface area contributed by atoms with Gasteiger partial charge in [0, 0.05) is 22.1 Å². The van der Waals surface area contributed by atoms with Crippen molar-refractivity contribution >= 4 is 28.5 Å². The number of esters is 1. The van der Waals surface area contributed by atoms with E-state index >= 15 is 0 Å². The van der Waals surface area contributed by atoms with E-state index < -0.39 is 0 Å². The fourth-order valence-corrected chi connectivity index (χ4v) is 3.45. The molecule has 3 N–H and O–H groups in total. The maximum Gasteiger partial charge on any atom is 0.364 e. The third kappa shape index (κ3) is 3.70. The lowest BCUT2D eigenvalue weighted by atomic mass is 9.90. The molecule has 1 aromatic heterocycles. The van der Waals surface area contributed by atoms with Gasteiger partial charge in [0.05, 0.1) is 19.6 Å². The van der Waals surface area contributed by atoms with Gasteiger partial charge in [0.25, 0.3) is 0 Å². The van der Waals surface area contributed by atoms with E-state index in [0.29, 0.717) is 6.54 Å². The highest BCUT2D eigenvalue weighted by Gasteiger charge is 2.25. The number of aromatic amines is 1. The van der Waals surface area contributed by atoms with Gasteiger partial charge in [-0.25, -0.2) is 4.79 Å². The number of carbonyl (C=O) groups excluding carboxylic acids is 1. The van der Waals surface area contributed by atoms with Gasteiger partial charge in [-0.3, -0.25) is 0 Å². The summed E-state index contributed by atoms with van der Waals surface area (Å²) >= 11 is 6.48. The van der Waals surface area contributed by atoms with Crippen molar-refractivity contribution in [2.45, 2.75) is 18.9 Å². The Kier molecular flexibility index (Phi) is 5.41. The summed E-state index contributed by atoms with van der Waals surface area (Å²) in [7, 11) is 1.41. The van der Waals surface area contributed by atoms with E-state index in [-0.39, 0.29) is 17.9 Å². The molecule has 5 heteroatoms. The Bertz CT molecular complexity index is 875. The molecule has 2 aromatic carbocycles. The average Bonchev–Trinajstić information content (AvgIpc) is 3.06. The number of carbonyl (C=O) groups is 1. The highest BCUT2D eigenvalue weighted by molar-refractivity contribution is 6.31. The smallest absolute Gasteiger partial charge is 0.364 e. The summed E-state index contributed by atoms with van der Waals surface area (Å²) in [5.41, 5.74) is 3.33. The Hall–Kier alpha value is -2.30. The number of hydrogen-bond donors (Lipinski definition) is 2. The molecule has 3 rings (SSSR count). The number of nitrogens with two attached hydrogens (primary N) is 1. The zero-order chi connectivity index (χ0) is 17.8. The lowest BCUT2D eigenvalue weighted by molar-refractivity contribution is -0.676. The number of hydrogen-bond acceptors (Lipinski definition) is 2. The molecule has 25 heavy (non-hydrogen) atoms. The number of benzene rings is 2. The summed E-state index contributed by atoms with van der Waals surface area (Å²) in [4.78, 5) is 15.1. The van der Waals surface area contributed by atoms with Crippen LogP contribution < -0.4 is 5.32 Å². The molecular formula is C20H22ClN2O2+. The fraction of sp³-hybridized carbons (Fsp3) is 0.250. The molecular weight excluding hydrogens is 336 g/mol. The molecule has 0 unspecified atom stereocenters. The molecule has 0 aliphatic carbocycles. The number of nitrogens with one attached hydrogen (secondary N) is 1.